The van der Waals surface area contributed by atoms with Gasteiger partial charge >= 0.3 is 0 Å². The molecule has 0 saturated carbocycles. The first-order valence-electron chi connectivity index (χ1n) is 4.45. The van der Waals surface area contributed by atoms with Crippen LogP contribution in [0.5, 0.6) is 0 Å². The molecule has 0 aromatic carbocycles. The van der Waals surface area contributed by atoms with E-state index in [0.29, 0.717) is 18.3 Å². The Balaban J connectivity index is 1.64. The van der Waals surface area contributed by atoms with Gasteiger partial charge in [-0.05, 0) is 5.21 Å². The van der Waals surface area contributed by atoms with Crippen molar-refractivity contribution in [2.24, 2.45) is 0 Å². The summed E-state index contributed by atoms with van der Waals surface area (Å²) in [5, 5.41) is 28.5. The minimum absolute atomic E-state index is 0.0955. The number of nitrogens with one attached hydrogen (secondary N) is 5. The van der Waals surface area contributed by atoms with Crippen LogP contribution >= 0.6 is 0 Å². The number of tetrazole rings is 2. The first-order chi connectivity index (χ1) is 7.93. The summed E-state index contributed by atoms with van der Waals surface area (Å²) in [7, 11) is 0. The number of hydrogen-bond acceptors (Lipinski definition) is 10. The smallest absolute Gasteiger partial charge is 0.226 e. The van der Waals surface area contributed by atoms with Crippen molar-refractivity contribution in [2.75, 3.05) is 11.7 Å². The summed E-state index contributed by atoms with van der Waals surface area (Å²) in [5.74, 6) is 0.937. The highest BCUT2D eigenvalue weighted by Crippen LogP contribution is 2.07. The molecule has 0 radical (unpaired) electrons. The summed E-state index contributed by atoms with van der Waals surface area (Å²) < 4.78 is 0. The number of aromatic nitrogens is 8. The van der Waals surface area contributed by atoms with Crippen molar-refractivity contribution in [1.82, 2.24) is 57.6 Å². The summed E-state index contributed by atoms with van der Waals surface area (Å²) in [4.78, 5) is 0. The highest BCUT2D eigenvalue weighted by molar-refractivity contribution is 5.21. The summed E-state index contributed by atoms with van der Waals surface area (Å²) >= 11 is 0. The van der Waals surface area contributed by atoms with Crippen LogP contribution in [0.25, 0.3) is 0 Å². The lowest BCUT2D eigenvalue weighted by molar-refractivity contribution is 0.299. The molecule has 12 nitrogen and oxygen atoms in total. The van der Waals surface area contributed by atoms with Crippen molar-refractivity contribution in [1.29, 1.82) is 0 Å². The van der Waals surface area contributed by atoms with Gasteiger partial charge in [-0.15, -0.1) is 15.3 Å². The molecule has 1 unspecified atom stereocenters. The van der Waals surface area contributed by atoms with E-state index in [0.717, 1.165) is 0 Å². The number of nitrogens with zero attached hydrogens (tertiary/aromatic N) is 7. The van der Waals surface area contributed by atoms with Gasteiger partial charge in [-0.3, -0.25) is 0 Å². The van der Waals surface area contributed by atoms with E-state index >= 15 is 0 Å². The van der Waals surface area contributed by atoms with Gasteiger partial charge in [-0.2, -0.15) is 21.1 Å². The highest BCUT2D eigenvalue weighted by Gasteiger charge is 2.24. The molecule has 0 bridgehead atoms. The van der Waals surface area contributed by atoms with Crippen molar-refractivity contribution >= 4 is 5.95 Å². The molecular formula is C4H8N12. The van der Waals surface area contributed by atoms with Gasteiger partial charge in [0.05, 0.1) is 0 Å². The Morgan fingerprint density at radius 1 is 1.12 bits per heavy atom. The molecule has 5 N–H and O–H groups in total. The van der Waals surface area contributed by atoms with Crippen LogP contribution in [-0.4, -0.2) is 47.8 Å². The third-order valence-electron chi connectivity index (χ3n) is 2.01. The van der Waals surface area contributed by atoms with Crippen molar-refractivity contribution in [3.63, 3.8) is 0 Å². The lowest BCUT2D eigenvalue weighted by atomic mass is 10.3. The average molecular weight is 224 g/mol. The maximum atomic E-state index is 3.87. The minimum Gasteiger partial charge on any atom is -0.226 e. The monoisotopic (exact) mass is 224 g/mol. The normalized spacial score (nSPS) is 21.2. The molecule has 3 rings (SSSR count). The van der Waals surface area contributed by atoms with Crippen molar-refractivity contribution < 1.29 is 0 Å². The summed E-state index contributed by atoms with van der Waals surface area (Å²) in [5.41, 5.74) is 8.80. The van der Waals surface area contributed by atoms with Crippen LogP contribution in [0, 0.1) is 0 Å². The van der Waals surface area contributed by atoms with Gasteiger partial charge in [-0.1, -0.05) is 10.3 Å². The van der Waals surface area contributed by atoms with Crippen LogP contribution in [0.3, 0.4) is 0 Å². The second-order valence-corrected chi connectivity index (χ2v) is 2.99. The Hall–Kier alpha value is -2.18. The zero-order valence-electron chi connectivity index (χ0n) is 7.91. The standard InChI is InChI=1S/C4H8N12/c1-2(3-7-11-12-8-3)6-15-16(5-1)4-9-13-14-10-4/h2,5-6,15H,1H2,(H,7,8,11,12)(H,9,10,13,14). The largest absolute Gasteiger partial charge is 0.295 e. The molecule has 2 aromatic heterocycles. The molecule has 1 fully saturated rings. The van der Waals surface area contributed by atoms with Gasteiger partial charge in [0.2, 0.25) is 0 Å². The Labute approximate surface area is 88.1 Å². The van der Waals surface area contributed by atoms with E-state index in [9.17, 15) is 0 Å². The van der Waals surface area contributed by atoms with Crippen LogP contribution in [0.2, 0.25) is 0 Å². The number of H-pyrrole nitrogens is 2. The van der Waals surface area contributed by atoms with Crippen molar-refractivity contribution in [3.8, 4) is 0 Å². The molecule has 12 heteroatoms. The Bertz CT molecular complexity index is 368. The SMILES string of the molecule is C1NN(c2nn[nH]n2)NNC1c1nn[nH]n1. The van der Waals surface area contributed by atoms with E-state index in [-0.39, 0.29) is 6.04 Å². The van der Waals surface area contributed by atoms with Gasteiger partial charge in [0, 0.05) is 6.54 Å². The summed E-state index contributed by atoms with van der Waals surface area (Å²) in [6.07, 6.45) is 0. The zero-order valence-corrected chi connectivity index (χ0v) is 7.91. The van der Waals surface area contributed by atoms with Gasteiger partial charge in [-0.25, -0.2) is 10.9 Å². The first kappa shape index (κ1) is 9.08. The van der Waals surface area contributed by atoms with E-state index in [1.54, 1.807) is 0 Å². The molecule has 0 spiro atoms. The maximum absolute atomic E-state index is 3.87. The Morgan fingerprint density at radius 3 is 2.62 bits per heavy atom. The predicted molar refractivity (Wildman–Crippen MR) is 47.8 cm³/mol. The highest BCUT2D eigenvalue weighted by atomic mass is 15.9. The zero-order chi connectivity index (χ0) is 10.8. The van der Waals surface area contributed by atoms with E-state index in [1.807, 2.05) is 0 Å². The first-order valence-corrected chi connectivity index (χ1v) is 4.45. The lowest BCUT2D eigenvalue weighted by Gasteiger charge is -2.31. The third-order valence-corrected chi connectivity index (χ3v) is 2.01. The number of hydrogen-bond donors (Lipinski definition) is 5. The van der Waals surface area contributed by atoms with Gasteiger partial charge in [0.15, 0.2) is 5.82 Å². The Kier molecular flexibility index (Phi) is 2.13. The summed E-state index contributed by atoms with van der Waals surface area (Å²) in [6.45, 7) is 0.557. The second-order valence-electron chi connectivity index (χ2n) is 2.99. The molecule has 1 aliphatic heterocycles. The molecule has 1 aliphatic rings. The maximum Gasteiger partial charge on any atom is 0.295 e. The van der Waals surface area contributed by atoms with Gasteiger partial charge in [0.1, 0.15) is 6.04 Å². The van der Waals surface area contributed by atoms with Crippen molar-refractivity contribution in [2.45, 2.75) is 6.04 Å². The van der Waals surface area contributed by atoms with Crippen LogP contribution in [-0.2, 0) is 0 Å². The molecule has 0 amide bonds. The molecule has 84 valence electrons. The molecule has 1 atom stereocenters. The van der Waals surface area contributed by atoms with Gasteiger partial charge < -0.3 is 0 Å². The van der Waals surface area contributed by atoms with Crippen LogP contribution in [0.1, 0.15) is 11.9 Å². The van der Waals surface area contributed by atoms with E-state index in [2.05, 4.69) is 57.6 Å². The minimum atomic E-state index is -0.0955. The molecular weight excluding hydrogens is 216 g/mol. The number of anilines is 1. The van der Waals surface area contributed by atoms with Crippen LogP contribution < -0.4 is 21.5 Å². The van der Waals surface area contributed by atoms with Crippen LogP contribution in [0.15, 0.2) is 0 Å². The average Bonchev–Trinajstić information content (AvgIpc) is 3.03. The molecule has 2 aromatic rings. The number of aromatic amines is 2. The molecule has 0 aliphatic carbocycles. The van der Waals surface area contributed by atoms with Crippen molar-refractivity contribution in [3.05, 3.63) is 5.82 Å². The summed E-state index contributed by atoms with van der Waals surface area (Å²) in [6, 6.07) is -0.0955. The van der Waals surface area contributed by atoms with Crippen LogP contribution in [0.4, 0.5) is 5.95 Å². The van der Waals surface area contributed by atoms with Gasteiger partial charge in [0.25, 0.3) is 5.95 Å². The third kappa shape index (κ3) is 1.56. The number of hydrazine groups is 3. The fourth-order valence-electron chi connectivity index (χ4n) is 1.26. The topological polar surface area (TPSA) is 148 Å². The predicted octanol–water partition coefficient (Wildman–Crippen LogP) is -3.21. The fourth-order valence-corrected chi connectivity index (χ4v) is 1.26. The molecule has 1 saturated heterocycles. The molecule has 16 heavy (non-hydrogen) atoms. The van der Waals surface area contributed by atoms with E-state index in [1.165, 1.54) is 5.12 Å². The second kappa shape index (κ2) is 3.76. The van der Waals surface area contributed by atoms with E-state index in [4.69, 9.17) is 0 Å². The lowest BCUT2D eigenvalue weighted by Crippen LogP contribution is -2.63. The Morgan fingerprint density at radius 2 is 2.00 bits per heavy atom. The fraction of sp³-hybridized carbons (Fsp3) is 0.500. The van der Waals surface area contributed by atoms with E-state index < -0.39 is 0 Å². The molecule has 3 heterocycles. The quantitative estimate of drug-likeness (QED) is 0.352. The number of rotatable bonds is 2.